The maximum Gasteiger partial charge on any atom is 0.345 e. The van der Waals surface area contributed by atoms with Crippen molar-refractivity contribution in [2.45, 2.75) is 26.3 Å². The lowest BCUT2D eigenvalue weighted by Gasteiger charge is -2.13. The number of hydrogen-bond acceptors (Lipinski definition) is 6. The number of nitrogens with one attached hydrogen (secondary N) is 2. The van der Waals surface area contributed by atoms with Gasteiger partial charge in [0.1, 0.15) is 5.58 Å². The van der Waals surface area contributed by atoms with Crippen LogP contribution in [-0.2, 0) is 0 Å². The Labute approximate surface area is 161 Å². The second kappa shape index (κ2) is 6.45. The molecule has 0 unspecified atom stereocenters. The number of aromatic nitrogens is 3. The smallest absolute Gasteiger partial charge is 0.345 e. The highest BCUT2D eigenvalue weighted by molar-refractivity contribution is 5.84. The zero-order valence-electron chi connectivity index (χ0n) is 15.8. The Morgan fingerprint density at radius 2 is 2.11 bits per heavy atom. The van der Waals surface area contributed by atoms with Crippen LogP contribution in [0.25, 0.3) is 27.9 Å². The topological polar surface area (TPSA) is 84.5 Å². The van der Waals surface area contributed by atoms with Crippen molar-refractivity contribution in [3.63, 3.8) is 0 Å². The molecule has 5 rings (SSSR count). The Morgan fingerprint density at radius 1 is 1.21 bits per heavy atom. The predicted molar refractivity (Wildman–Crippen MR) is 109 cm³/mol. The zero-order valence-corrected chi connectivity index (χ0v) is 15.8. The van der Waals surface area contributed by atoms with Crippen LogP contribution in [0.1, 0.15) is 17.8 Å². The second-order valence-electron chi connectivity index (χ2n) is 7.36. The van der Waals surface area contributed by atoms with Gasteiger partial charge in [-0.3, -0.25) is 4.98 Å². The van der Waals surface area contributed by atoms with E-state index in [0.29, 0.717) is 22.9 Å². The Hall–Kier alpha value is -3.19. The van der Waals surface area contributed by atoms with Crippen molar-refractivity contribution in [1.82, 2.24) is 19.7 Å². The molecule has 2 N–H and O–H groups in total. The maximum absolute atomic E-state index is 12.7. The molecule has 4 aromatic rings. The van der Waals surface area contributed by atoms with Gasteiger partial charge >= 0.3 is 5.63 Å². The normalized spacial score (nSPS) is 16.9. The highest BCUT2D eigenvalue weighted by atomic mass is 16.4. The molecule has 1 aromatic carbocycles. The zero-order chi connectivity index (χ0) is 19.3. The van der Waals surface area contributed by atoms with Crippen LogP contribution in [0.3, 0.4) is 0 Å². The molecule has 28 heavy (non-hydrogen) atoms. The van der Waals surface area contributed by atoms with E-state index in [4.69, 9.17) is 4.42 Å². The number of imidazole rings is 1. The van der Waals surface area contributed by atoms with E-state index in [-0.39, 0.29) is 0 Å². The van der Waals surface area contributed by atoms with E-state index in [0.717, 1.165) is 47.6 Å². The number of aryl methyl sites for hydroxylation is 2. The number of hydrogen-bond donors (Lipinski definition) is 2. The molecular weight excluding hydrogens is 354 g/mol. The van der Waals surface area contributed by atoms with Crippen LogP contribution in [0.4, 0.5) is 5.69 Å². The molecule has 3 aromatic heterocycles. The van der Waals surface area contributed by atoms with Crippen LogP contribution < -0.4 is 16.3 Å². The van der Waals surface area contributed by atoms with Crippen LogP contribution in [0, 0.1) is 13.8 Å². The van der Waals surface area contributed by atoms with Crippen LogP contribution in [-0.4, -0.2) is 33.5 Å². The molecule has 142 valence electrons. The Balaban J connectivity index is 1.56. The van der Waals surface area contributed by atoms with Crippen LogP contribution >= 0.6 is 0 Å². The van der Waals surface area contributed by atoms with E-state index < -0.39 is 5.63 Å². The van der Waals surface area contributed by atoms with Crippen molar-refractivity contribution in [3.05, 3.63) is 58.5 Å². The lowest BCUT2D eigenvalue weighted by Crippen LogP contribution is -2.21. The first kappa shape index (κ1) is 16.9. The van der Waals surface area contributed by atoms with Gasteiger partial charge < -0.3 is 19.5 Å². The fourth-order valence-corrected chi connectivity index (χ4v) is 3.83. The first-order valence-electron chi connectivity index (χ1n) is 9.45. The molecule has 0 bridgehead atoms. The van der Waals surface area contributed by atoms with Crippen molar-refractivity contribution in [2.75, 3.05) is 18.4 Å². The number of nitrogens with zero attached hydrogens (tertiary/aromatic N) is 3. The Kier molecular flexibility index (Phi) is 3.91. The maximum atomic E-state index is 12.7. The third-order valence-electron chi connectivity index (χ3n) is 5.17. The van der Waals surface area contributed by atoms with Gasteiger partial charge in [-0.1, -0.05) is 0 Å². The van der Waals surface area contributed by atoms with E-state index in [2.05, 4.69) is 20.6 Å². The minimum absolute atomic E-state index is 0.391. The molecule has 1 fully saturated rings. The average Bonchev–Trinajstić information content (AvgIpc) is 3.30. The first-order valence-corrected chi connectivity index (χ1v) is 9.45. The molecule has 0 aliphatic carbocycles. The number of fused-ring (bicyclic) bond motifs is 2. The minimum Gasteiger partial charge on any atom is -0.422 e. The van der Waals surface area contributed by atoms with E-state index in [9.17, 15) is 4.79 Å². The fourth-order valence-electron chi connectivity index (χ4n) is 3.83. The van der Waals surface area contributed by atoms with Crippen molar-refractivity contribution in [1.29, 1.82) is 0 Å². The monoisotopic (exact) mass is 375 g/mol. The Bertz CT molecular complexity index is 1250. The van der Waals surface area contributed by atoms with E-state index >= 15 is 0 Å². The van der Waals surface area contributed by atoms with Gasteiger partial charge in [-0.15, -0.1) is 0 Å². The third-order valence-corrected chi connectivity index (χ3v) is 5.17. The van der Waals surface area contributed by atoms with Crippen LogP contribution in [0.2, 0.25) is 0 Å². The summed E-state index contributed by atoms with van der Waals surface area (Å²) < 4.78 is 7.53. The largest absolute Gasteiger partial charge is 0.422 e. The van der Waals surface area contributed by atoms with Crippen molar-refractivity contribution in [2.24, 2.45) is 0 Å². The molecule has 0 radical (unpaired) electrons. The summed E-state index contributed by atoms with van der Waals surface area (Å²) in [6.45, 7) is 5.82. The number of rotatable bonds is 3. The molecule has 7 heteroatoms. The quantitative estimate of drug-likeness (QED) is 0.536. The molecule has 4 heterocycles. The molecular formula is C21H21N5O2. The van der Waals surface area contributed by atoms with Gasteiger partial charge in [0.2, 0.25) is 0 Å². The predicted octanol–water partition coefficient (Wildman–Crippen LogP) is 2.89. The molecule has 0 saturated carbocycles. The van der Waals surface area contributed by atoms with Gasteiger partial charge in [-0.05, 0) is 45.0 Å². The molecule has 1 aliphatic heterocycles. The van der Waals surface area contributed by atoms with Gasteiger partial charge in [0.15, 0.2) is 5.65 Å². The molecule has 7 nitrogen and oxygen atoms in total. The van der Waals surface area contributed by atoms with Crippen molar-refractivity contribution in [3.8, 4) is 11.3 Å². The summed E-state index contributed by atoms with van der Waals surface area (Å²) in [6.07, 6.45) is 4.83. The molecule has 1 saturated heterocycles. The van der Waals surface area contributed by atoms with Gasteiger partial charge in [0.25, 0.3) is 0 Å². The number of anilines is 1. The summed E-state index contributed by atoms with van der Waals surface area (Å²) in [4.78, 5) is 21.7. The summed E-state index contributed by atoms with van der Waals surface area (Å²) in [6, 6.07) is 8.13. The second-order valence-corrected chi connectivity index (χ2v) is 7.36. The number of benzene rings is 1. The van der Waals surface area contributed by atoms with Crippen molar-refractivity contribution >= 4 is 22.3 Å². The van der Waals surface area contributed by atoms with Gasteiger partial charge in [0.05, 0.1) is 22.6 Å². The Morgan fingerprint density at radius 3 is 2.93 bits per heavy atom. The summed E-state index contributed by atoms with van der Waals surface area (Å²) >= 11 is 0. The van der Waals surface area contributed by atoms with E-state index in [1.165, 1.54) is 0 Å². The summed E-state index contributed by atoms with van der Waals surface area (Å²) in [5.41, 5.74) is 4.65. The molecule has 1 atom stereocenters. The van der Waals surface area contributed by atoms with Gasteiger partial charge in [-0.2, -0.15) is 0 Å². The van der Waals surface area contributed by atoms with E-state index in [1.54, 1.807) is 0 Å². The molecule has 1 aliphatic rings. The highest BCUT2D eigenvalue weighted by Crippen LogP contribution is 2.24. The first-order chi connectivity index (χ1) is 13.6. The third kappa shape index (κ3) is 2.93. The average molecular weight is 375 g/mol. The highest BCUT2D eigenvalue weighted by Gasteiger charge is 2.16. The van der Waals surface area contributed by atoms with Gasteiger partial charge in [-0.25, -0.2) is 9.78 Å². The van der Waals surface area contributed by atoms with Gasteiger partial charge in [0, 0.05) is 42.1 Å². The molecule has 0 amide bonds. The lowest BCUT2D eigenvalue weighted by atomic mass is 10.1. The summed E-state index contributed by atoms with van der Waals surface area (Å²) in [5, 5.41) is 7.68. The summed E-state index contributed by atoms with van der Waals surface area (Å²) in [5.74, 6) is 0. The van der Waals surface area contributed by atoms with E-state index in [1.807, 2.05) is 54.9 Å². The SMILES string of the molecule is Cc1cn2cc(-c3cc4ccc(N[C@@H]5CCNC5)cc4oc3=O)nc2c(C)n1. The lowest BCUT2D eigenvalue weighted by molar-refractivity contribution is 0.563. The minimum atomic E-state index is -0.391. The fraction of sp³-hybridized carbons (Fsp3) is 0.286. The van der Waals surface area contributed by atoms with Crippen molar-refractivity contribution < 1.29 is 4.42 Å². The van der Waals surface area contributed by atoms with Crippen LogP contribution in [0.5, 0.6) is 0 Å². The summed E-state index contributed by atoms with van der Waals surface area (Å²) in [7, 11) is 0. The van der Waals surface area contributed by atoms with Crippen LogP contribution in [0.15, 0.2) is 45.9 Å². The standard InChI is InChI=1S/C21H21N5O2/c1-12-10-26-11-18(25-20(26)13(2)23-12)17-7-14-3-4-15(8-19(14)28-21(17)27)24-16-5-6-22-9-16/h3-4,7-8,10-11,16,22,24H,5-6,9H2,1-2H3/t16-/m1/s1. The molecule has 0 spiro atoms.